The molecule has 0 aromatic heterocycles. The predicted octanol–water partition coefficient (Wildman–Crippen LogP) is 2.07. The Hall–Kier alpha value is -1.65. The van der Waals surface area contributed by atoms with Crippen LogP contribution in [-0.4, -0.2) is 39.4 Å². The minimum Gasteiger partial charge on any atom is -0.481 e. The number of carbonyl (C=O) groups is 2. The number of hydrogen-bond donors (Lipinski definition) is 3. The highest BCUT2D eigenvalue weighted by Crippen LogP contribution is 2.63. The number of carboxylic acids is 2. The molecule has 6 nitrogen and oxygen atoms in total. The van der Waals surface area contributed by atoms with Crippen molar-refractivity contribution in [1.82, 2.24) is 0 Å². The molecule has 1 aromatic carbocycles. The first kappa shape index (κ1) is 16.7. The third-order valence-corrected chi connectivity index (χ3v) is 6.19. The Balaban J connectivity index is 2.01. The highest BCUT2D eigenvalue weighted by atomic mass is 31.2. The van der Waals surface area contributed by atoms with Crippen LogP contribution in [0.2, 0.25) is 0 Å². The first-order chi connectivity index (χ1) is 10.2. The first-order valence-electron chi connectivity index (χ1n) is 7.03. The zero-order chi connectivity index (χ0) is 16.4. The van der Waals surface area contributed by atoms with Gasteiger partial charge >= 0.3 is 11.9 Å². The van der Waals surface area contributed by atoms with Crippen LogP contribution in [0.25, 0.3) is 0 Å². The van der Waals surface area contributed by atoms with Crippen LogP contribution in [0.15, 0.2) is 30.3 Å². The van der Waals surface area contributed by atoms with E-state index in [1.54, 1.807) is 0 Å². The summed E-state index contributed by atoms with van der Waals surface area (Å²) < 4.78 is 12.4. The van der Waals surface area contributed by atoms with Gasteiger partial charge < -0.3 is 15.1 Å². The van der Waals surface area contributed by atoms with Gasteiger partial charge in [-0.05, 0) is 18.4 Å². The molecule has 3 atom stereocenters. The van der Waals surface area contributed by atoms with Gasteiger partial charge in [0.2, 0.25) is 7.37 Å². The van der Waals surface area contributed by atoms with Gasteiger partial charge in [0.25, 0.3) is 0 Å². The van der Waals surface area contributed by atoms with E-state index in [0.29, 0.717) is 6.42 Å². The van der Waals surface area contributed by atoms with Crippen molar-refractivity contribution in [3.05, 3.63) is 35.9 Å². The maximum absolute atomic E-state index is 12.4. The van der Waals surface area contributed by atoms with E-state index in [2.05, 4.69) is 0 Å². The molecule has 0 spiro atoms. The Morgan fingerprint density at radius 3 is 2.36 bits per heavy atom. The summed E-state index contributed by atoms with van der Waals surface area (Å²) in [5.74, 6) is -3.06. The van der Waals surface area contributed by atoms with Crippen LogP contribution in [0.4, 0.5) is 0 Å². The summed E-state index contributed by atoms with van der Waals surface area (Å²) in [6.07, 6.45) is -0.0132. The fraction of sp³-hybridized carbons (Fsp3) is 0.467. The van der Waals surface area contributed by atoms with Gasteiger partial charge in [-0.15, -0.1) is 0 Å². The maximum Gasteiger partial charge on any atom is 0.307 e. The molecule has 22 heavy (non-hydrogen) atoms. The number of hydrogen-bond acceptors (Lipinski definition) is 3. The molecule has 1 fully saturated rings. The molecule has 1 aromatic rings. The zero-order valence-corrected chi connectivity index (χ0v) is 12.9. The molecule has 0 bridgehead atoms. The first-order valence-corrected chi connectivity index (χ1v) is 9.06. The lowest BCUT2D eigenvalue weighted by molar-refractivity contribution is -0.140. The van der Waals surface area contributed by atoms with Crippen LogP contribution in [0.3, 0.4) is 0 Å². The molecular weight excluding hydrogens is 307 g/mol. The lowest BCUT2D eigenvalue weighted by Gasteiger charge is -2.19. The molecule has 1 aliphatic carbocycles. The van der Waals surface area contributed by atoms with Crippen molar-refractivity contribution in [3.63, 3.8) is 0 Å². The van der Waals surface area contributed by atoms with E-state index >= 15 is 0 Å². The average Bonchev–Trinajstić information content (AvgIpc) is 3.10. The molecule has 0 aliphatic heterocycles. The van der Waals surface area contributed by atoms with Crippen LogP contribution >= 0.6 is 7.37 Å². The van der Waals surface area contributed by atoms with Gasteiger partial charge in [-0.2, -0.15) is 0 Å². The van der Waals surface area contributed by atoms with Gasteiger partial charge in [0.15, 0.2) is 0 Å². The molecule has 2 rings (SSSR count). The minimum absolute atomic E-state index is 0.0325. The highest BCUT2D eigenvalue weighted by Gasteiger charge is 2.61. The molecule has 3 N–H and O–H groups in total. The second-order valence-electron chi connectivity index (χ2n) is 5.99. The summed E-state index contributed by atoms with van der Waals surface area (Å²) in [7, 11) is -3.58. The Labute approximate surface area is 128 Å². The summed E-state index contributed by atoms with van der Waals surface area (Å²) in [6, 6.07) is 9.23. The van der Waals surface area contributed by atoms with E-state index in [4.69, 9.17) is 10.2 Å². The largest absolute Gasteiger partial charge is 0.481 e. The van der Waals surface area contributed by atoms with Crippen LogP contribution in [0.5, 0.6) is 0 Å². The molecule has 0 heterocycles. The maximum atomic E-state index is 12.4. The van der Waals surface area contributed by atoms with Crippen molar-refractivity contribution < 1.29 is 29.3 Å². The standard InChI is InChI=1S/C15H19O6P/c16-13(17)9-15(8-12(15)14(18)19)10-22(20,21)7-6-11-4-2-1-3-5-11/h1-5,12H,6-10H2,(H,16,17)(H,18,19)(H,20,21). The van der Waals surface area contributed by atoms with Crippen molar-refractivity contribution in [3.8, 4) is 0 Å². The lowest BCUT2D eigenvalue weighted by Crippen LogP contribution is -2.20. The van der Waals surface area contributed by atoms with Gasteiger partial charge in [0.05, 0.1) is 12.3 Å². The Kier molecular flexibility index (Phi) is 4.73. The van der Waals surface area contributed by atoms with E-state index in [9.17, 15) is 19.0 Å². The third kappa shape index (κ3) is 4.18. The van der Waals surface area contributed by atoms with E-state index in [0.717, 1.165) is 5.56 Å². The molecular formula is C15H19O6P. The number of carboxylic acid groups (broad SMARTS) is 2. The van der Waals surface area contributed by atoms with Gasteiger partial charge in [0.1, 0.15) is 0 Å². The second kappa shape index (κ2) is 6.23. The van der Waals surface area contributed by atoms with Gasteiger partial charge in [-0.3, -0.25) is 14.2 Å². The summed E-state index contributed by atoms with van der Waals surface area (Å²) in [4.78, 5) is 32.1. The van der Waals surface area contributed by atoms with Gasteiger partial charge in [-0.25, -0.2) is 0 Å². The topological polar surface area (TPSA) is 112 Å². The van der Waals surface area contributed by atoms with E-state index in [1.165, 1.54) is 0 Å². The summed E-state index contributed by atoms with van der Waals surface area (Å²) >= 11 is 0. The molecule has 120 valence electrons. The second-order valence-corrected chi connectivity index (χ2v) is 8.45. The van der Waals surface area contributed by atoms with Crippen molar-refractivity contribution in [2.24, 2.45) is 11.3 Å². The van der Waals surface area contributed by atoms with Crippen LogP contribution in [-0.2, 0) is 20.6 Å². The van der Waals surface area contributed by atoms with Gasteiger partial charge in [0, 0.05) is 17.7 Å². The van der Waals surface area contributed by atoms with E-state index in [1.807, 2.05) is 30.3 Å². The van der Waals surface area contributed by atoms with E-state index < -0.39 is 30.6 Å². The van der Waals surface area contributed by atoms with Gasteiger partial charge in [-0.1, -0.05) is 30.3 Å². The fourth-order valence-electron chi connectivity index (χ4n) is 2.94. The number of rotatable bonds is 8. The highest BCUT2D eigenvalue weighted by molar-refractivity contribution is 7.58. The zero-order valence-electron chi connectivity index (χ0n) is 12.0. The molecule has 7 heteroatoms. The minimum atomic E-state index is -3.58. The van der Waals surface area contributed by atoms with Crippen LogP contribution in [0, 0.1) is 11.3 Å². The fourth-order valence-corrected chi connectivity index (χ4v) is 5.15. The average molecular weight is 326 g/mol. The SMILES string of the molecule is O=C(O)CC1(CP(=O)(O)CCc2ccccc2)CC1C(=O)O. The number of benzene rings is 1. The summed E-state index contributed by atoms with van der Waals surface area (Å²) in [5.41, 5.74) is -0.145. The van der Waals surface area contributed by atoms with Crippen LogP contribution < -0.4 is 0 Å². The normalized spacial score (nSPS) is 26.1. The molecule has 0 saturated heterocycles. The number of aliphatic carboxylic acids is 2. The van der Waals surface area contributed by atoms with Crippen LogP contribution in [0.1, 0.15) is 18.4 Å². The molecule has 3 unspecified atom stereocenters. The monoisotopic (exact) mass is 326 g/mol. The molecule has 1 aliphatic rings. The summed E-state index contributed by atoms with van der Waals surface area (Å²) in [5, 5.41) is 18.0. The molecule has 1 saturated carbocycles. The smallest absolute Gasteiger partial charge is 0.307 e. The lowest BCUT2D eigenvalue weighted by atomic mass is 10.0. The molecule has 0 amide bonds. The van der Waals surface area contributed by atoms with Crippen molar-refractivity contribution >= 4 is 19.3 Å². The Morgan fingerprint density at radius 1 is 1.23 bits per heavy atom. The quantitative estimate of drug-likeness (QED) is 0.631. The van der Waals surface area contributed by atoms with Crippen molar-refractivity contribution in [1.29, 1.82) is 0 Å². The predicted molar refractivity (Wildman–Crippen MR) is 80.1 cm³/mol. The Bertz CT molecular complexity index is 614. The Morgan fingerprint density at radius 2 is 1.86 bits per heavy atom. The van der Waals surface area contributed by atoms with Crippen molar-refractivity contribution in [2.75, 3.05) is 12.3 Å². The van der Waals surface area contributed by atoms with Crippen molar-refractivity contribution in [2.45, 2.75) is 19.3 Å². The van der Waals surface area contributed by atoms with E-state index in [-0.39, 0.29) is 25.2 Å². The number of aryl methyl sites for hydroxylation is 1. The summed E-state index contributed by atoms with van der Waals surface area (Å²) in [6.45, 7) is 0. The third-order valence-electron chi connectivity index (χ3n) is 4.15. The molecule has 0 radical (unpaired) electrons.